The maximum Gasteiger partial charge on any atom is 0.251 e. The number of anilines is 1. The Bertz CT molecular complexity index is 871. The fourth-order valence-electron chi connectivity index (χ4n) is 4.04. The number of nitrogens with zero attached hydrogens (tertiary/aromatic N) is 2. The van der Waals surface area contributed by atoms with Gasteiger partial charge in [-0.15, -0.1) is 0 Å². The van der Waals surface area contributed by atoms with Crippen molar-refractivity contribution in [1.82, 2.24) is 14.8 Å². The molecule has 1 atom stereocenters. The summed E-state index contributed by atoms with van der Waals surface area (Å²) in [5, 5.41) is 4.55. The van der Waals surface area contributed by atoms with Gasteiger partial charge in [0, 0.05) is 30.5 Å². The Hall–Kier alpha value is -2.41. The van der Waals surface area contributed by atoms with Crippen molar-refractivity contribution >= 4 is 45.7 Å². The van der Waals surface area contributed by atoms with Crippen LogP contribution in [0.25, 0.3) is 10.9 Å². The fraction of sp³-hybridized carbons (Fsp3) is 0.421. The van der Waals surface area contributed by atoms with Gasteiger partial charge in [0.05, 0.1) is 6.42 Å². The van der Waals surface area contributed by atoms with Crippen LogP contribution in [-0.2, 0) is 9.59 Å². The first-order valence-electron chi connectivity index (χ1n) is 9.01. The van der Waals surface area contributed by atoms with Crippen LogP contribution in [0, 0.1) is 0 Å². The number of aromatic nitrogens is 1. The van der Waals surface area contributed by atoms with Gasteiger partial charge in [-0.25, -0.2) is 0 Å². The first-order chi connectivity index (χ1) is 12.5. The van der Waals surface area contributed by atoms with Crippen LogP contribution in [0.2, 0.25) is 0 Å². The van der Waals surface area contributed by atoms with Crippen LogP contribution in [0.1, 0.15) is 32.1 Å². The molecule has 6 nitrogen and oxygen atoms in total. The van der Waals surface area contributed by atoms with E-state index >= 15 is 0 Å². The molecule has 4 rings (SSSR count). The maximum atomic E-state index is 12.6. The Labute approximate surface area is 157 Å². The van der Waals surface area contributed by atoms with E-state index in [9.17, 15) is 9.59 Å². The molecule has 2 N–H and O–H groups in total. The first kappa shape index (κ1) is 17.0. The van der Waals surface area contributed by atoms with Gasteiger partial charge in [0.1, 0.15) is 6.04 Å². The molecule has 2 heterocycles. The Morgan fingerprint density at radius 1 is 1.31 bits per heavy atom. The third-order valence-electron chi connectivity index (χ3n) is 5.39. The van der Waals surface area contributed by atoms with Gasteiger partial charge >= 0.3 is 0 Å². The number of fused-ring (bicyclic) bond motifs is 1. The molecule has 136 valence electrons. The zero-order chi connectivity index (χ0) is 18.3. The van der Waals surface area contributed by atoms with Gasteiger partial charge in [0.2, 0.25) is 5.91 Å². The van der Waals surface area contributed by atoms with Crippen molar-refractivity contribution in [2.24, 2.45) is 0 Å². The summed E-state index contributed by atoms with van der Waals surface area (Å²) in [6.45, 7) is 0. The molecule has 7 heteroatoms. The molecular formula is C19H22N4O2S. The van der Waals surface area contributed by atoms with E-state index in [4.69, 9.17) is 12.2 Å². The lowest BCUT2D eigenvalue weighted by Gasteiger charge is -2.29. The number of aromatic amines is 1. The van der Waals surface area contributed by atoms with Gasteiger partial charge in [-0.05, 0) is 48.6 Å². The quantitative estimate of drug-likeness (QED) is 0.812. The number of hydrogen-bond acceptors (Lipinski definition) is 3. The summed E-state index contributed by atoms with van der Waals surface area (Å²) >= 11 is 5.47. The van der Waals surface area contributed by atoms with Crippen molar-refractivity contribution in [1.29, 1.82) is 0 Å². The Morgan fingerprint density at radius 2 is 2.08 bits per heavy atom. The third-order valence-corrected chi connectivity index (χ3v) is 5.88. The van der Waals surface area contributed by atoms with Gasteiger partial charge in [-0.2, -0.15) is 0 Å². The summed E-state index contributed by atoms with van der Waals surface area (Å²) in [4.78, 5) is 31.9. The van der Waals surface area contributed by atoms with Gasteiger partial charge in [0.25, 0.3) is 5.91 Å². The summed E-state index contributed by atoms with van der Waals surface area (Å²) in [5.41, 5.74) is 1.69. The second-order valence-corrected chi connectivity index (χ2v) is 7.44. The lowest BCUT2D eigenvalue weighted by molar-refractivity contribution is -0.130. The number of thiocarbonyl (C=S) groups is 1. The van der Waals surface area contributed by atoms with E-state index < -0.39 is 6.04 Å². The van der Waals surface area contributed by atoms with E-state index in [1.54, 1.807) is 7.05 Å². The Kier molecular flexibility index (Phi) is 4.40. The van der Waals surface area contributed by atoms with E-state index in [2.05, 4.69) is 10.3 Å². The smallest absolute Gasteiger partial charge is 0.251 e. The highest BCUT2D eigenvalue weighted by atomic mass is 32.1. The van der Waals surface area contributed by atoms with Crippen molar-refractivity contribution in [3.8, 4) is 0 Å². The second-order valence-electron chi connectivity index (χ2n) is 7.07. The number of nitrogens with one attached hydrogen (secondary N) is 2. The normalized spacial score (nSPS) is 21.2. The Morgan fingerprint density at radius 3 is 2.85 bits per heavy atom. The van der Waals surface area contributed by atoms with E-state index in [1.807, 2.05) is 35.4 Å². The van der Waals surface area contributed by atoms with E-state index in [1.165, 1.54) is 4.90 Å². The van der Waals surface area contributed by atoms with Crippen molar-refractivity contribution in [3.63, 3.8) is 0 Å². The molecule has 26 heavy (non-hydrogen) atoms. The molecule has 2 fully saturated rings. The summed E-state index contributed by atoms with van der Waals surface area (Å²) in [7, 11) is 1.70. The zero-order valence-electron chi connectivity index (χ0n) is 14.7. The first-order valence-corrected chi connectivity index (χ1v) is 9.42. The molecule has 1 saturated heterocycles. The number of likely N-dealkylation sites (N-methyl/N-ethyl adjacent to an activating group) is 1. The molecule has 0 spiro atoms. The lowest BCUT2D eigenvalue weighted by Crippen LogP contribution is -2.43. The number of amides is 2. The zero-order valence-corrected chi connectivity index (χ0v) is 15.5. The second kappa shape index (κ2) is 6.72. The standard InChI is InChI=1S/C19H22N4O2S/c1-22-18(25)16(23(19(22)26)14-4-2-3-5-14)11-17(24)21-13-7-6-12-8-9-20-15(12)10-13/h6-10,14,16,20H,2-5,11H2,1H3,(H,21,24). The van der Waals surface area contributed by atoms with E-state index in [0.29, 0.717) is 5.11 Å². The predicted molar refractivity (Wildman–Crippen MR) is 105 cm³/mol. The van der Waals surface area contributed by atoms with Crippen LogP contribution in [0.3, 0.4) is 0 Å². The van der Waals surface area contributed by atoms with E-state index in [0.717, 1.165) is 42.3 Å². The molecule has 1 aromatic carbocycles. The highest BCUT2D eigenvalue weighted by Gasteiger charge is 2.45. The summed E-state index contributed by atoms with van der Waals surface area (Å²) < 4.78 is 0. The SMILES string of the molecule is CN1C(=O)C(CC(=O)Nc2ccc3cc[nH]c3c2)N(C2CCCC2)C1=S. The minimum Gasteiger partial charge on any atom is -0.361 e. The number of benzene rings is 1. The third kappa shape index (κ3) is 2.96. The molecule has 2 amide bonds. The average Bonchev–Trinajstić information content (AvgIpc) is 3.33. The van der Waals surface area contributed by atoms with Crippen LogP contribution in [0.4, 0.5) is 5.69 Å². The minimum atomic E-state index is -0.496. The number of rotatable bonds is 4. The van der Waals surface area contributed by atoms with Crippen molar-refractivity contribution in [2.75, 3.05) is 12.4 Å². The van der Waals surface area contributed by atoms with E-state index in [-0.39, 0.29) is 24.3 Å². The molecule has 2 aromatic rings. The van der Waals surface area contributed by atoms with Gasteiger partial charge in [0.15, 0.2) is 5.11 Å². The molecule has 1 aliphatic carbocycles. The fourth-order valence-corrected chi connectivity index (χ4v) is 4.40. The molecule has 1 saturated carbocycles. The molecule has 1 unspecified atom stereocenters. The summed E-state index contributed by atoms with van der Waals surface area (Å²) in [6, 6.07) is 7.48. The largest absolute Gasteiger partial charge is 0.361 e. The lowest BCUT2D eigenvalue weighted by atomic mass is 10.1. The molecular weight excluding hydrogens is 348 g/mol. The van der Waals surface area contributed by atoms with Crippen LogP contribution in [-0.4, -0.2) is 50.8 Å². The van der Waals surface area contributed by atoms with Crippen molar-refractivity contribution < 1.29 is 9.59 Å². The van der Waals surface area contributed by atoms with Crippen LogP contribution in [0.5, 0.6) is 0 Å². The van der Waals surface area contributed by atoms with Crippen molar-refractivity contribution in [2.45, 2.75) is 44.2 Å². The summed E-state index contributed by atoms with van der Waals surface area (Å²) in [6.07, 6.45) is 6.34. The number of carbonyl (C=O) groups is 2. The highest BCUT2D eigenvalue weighted by molar-refractivity contribution is 7.80. The topological polar surface area (TPSA) is 68.4 Å². The monoisotopic (exact) mass is 370 g/mol. The molecule has 1 aliphatic heterocycles. The number of hydrogen-bond donors (Lipinski definition) is 2. The van der Waals surface area contributed by atoms with Crippen molar-refractivity contribution in [3.05, 3.63) is 30.5 Å². The molecule has 0 radical (unpaired) electrons. The van der Waals surface area contributed by atoms with Gasteiger partial charge < -0.3 is 15.2 Å². The Balaban J connectivity index is 1.49. The molecule has 1 aromatic heterocycles. The predicted octanol–water partition coefficient (Wildman–Crippen LogP) is 2.87. The van der Waals surface area contributed by atoms with Crippen LogP contribution in [0.15, 0.2) is 30.5 Å². The number of carbonyl (C=O) groups excluding carboxylic acids is 2. The molecule has 2 aliphatic rings. The number of H-pyrrole nitrogens is 1. The van der Waals surface area contributed by atoms with Gasteiger partial charge in [-0.1, -0.05) is 18.9 Å². The summed E-state index contributed by atoms with van der Waals surface area (Å²) in [5.74, 6) is -0.257. The van der Waals surface area contributed by atoms with Crippen LogP contribution < -0.4 is 5.32 Å². The van der Waals surface area contributed by atoms with Crippen LogP contribution >= 0.6 is 12.2 Å². The van der Waals surface area contributed by atoms with Gasteiger partial charge in [-0.3, -0.25) is 14.5 Å². The molecule has 0 bridgehead atoms. The average molecular weight is 370 g/mol. The minimum absolute atomic E-state index is 0.0862. The highest BCUT2D eigenvalue weighted by Crippen LogP contribution is 2.31. The maximum absolute atomic E-state index is 12.6.